The highest BCUT2D eigenvalue weighted by atomic mass is 35.5. The van der Waals surface area contributed by atoms with Crippen LogP contribution in [0.4, 0.5) is 10.5 Å². The second-order valence-corrected chi connectivity index (χ2v) is 4.46. The van der Waals surface area contributed by atoms with E-state index in [-0.39, 0.29) is 6.54 Å². The number of urea groups is 1. The number of halogens is 1. The quantitative estimate of drug-likeness (QED) is 0.786. The molecule has 0 aliphatic heterocycles. The minimum absolute atomic E-state index is 0.0602. The molecule has 1 aromatic carbocycles. The molecule has 3 N–H and O–H groups in total. The second-order valence-electron chi connectivity index (χ2n) is 4.06. The van der Waals surface area contributed by atoms with Gasteiger partial charge in [0.25, 0.3) is 0 Å². The normalized spacial score (nSPS) is 11.7. The number of nitrogens with one attached hydrogen (secondary N) is 2. The molecule has 0 radical (unpaired) electrons. The lowest BCUT2D eigenvalue weighted by Crippen LogP contribution is -2.34. The molecule has 0 aliphatic carbocycles. The van der Waals surface area contributed by atoms with E-state index >= 15 is 0 Å². The molecule has 1 rings (SSSR count). The third kappa shape index (κ3) is 4.25. The Balaban J connectivity index is 2.52. The van der Waals surface area contributed by atoms with Crippen molar-refractivity contribution in [3.63, 3.8) is 0 Å². The zero-order valence-electron chi connectivity index (χ0n) is 10.2. The number of amides is 2. The topological polar surface area (TPSA) is 78.4 Å². The Morgan fingerprint density at radius 3 is 2.67 bits per heavy atom. The van der Waals surface area contributed by atoms with Gasteiger partial charge in [0.15, 0.2) is 0 Å². The van der Waals surface area contributed by atoms with Crippen molar-refractivity contribution >= 4 is 29.3 Å². The number of aryl methyl sites for hydroxylation is 1. The largest absolute Gasteiger partial charge is 0.481 e. The van der Waals surface area contributed by atoms with E-state index in [2.05, 4.69) is 10.6 Å². The third-order valence-electron chi connectivity index (χ3n) is 2.36. The van der Waals surface area contributed by atoms with Crippen LogP contribution in [0, 0.1) is 12.8 Å². The maximum atomic E-state index is 11.5. The van der Waals surface area contributed by atoms with E-state index in [0.717, 1.165) is 5.56 Å². The summed E-state index contributed by atoms with van der Waals surface area (Å²) in [5.74, 6) is -1.59. The molecule has 98 valence electrons. The SMILES string of the molecule is Cc1ccc(NC(=O)NCC(C)C(=O)O)c(Cl)c1. The average Bonchev–Trinajstić information content (AvgIpc) is 2.29. The van der Waals surface area contributed by atoms with E-state index in [4.69, 9.17) is 16.7 Å². The van der Waals surface area contributed by atoms with Gasteiger partial charge >= 0.3 is 12.0 Å². The van der Waals surface area contributed by atoms with E-state index in [1.54, 1.807) is 12.1 Å². The van der Waals surface area contributed by atoms with Crippen molar-refractivity contribution in [2.45, 2.75) is 13.8 Å². The van der Waals surface area contributed by atoms with E-state index < -0.39 is 17.9 Å². The first-order valence-corrected chi connectivity index (χ1v) is 5.81. The molecule has 5 nitrogen and oxygen atoms in total. The number of hydrogen-bond donors (Lipinski definition) is 3. The number of benzene rings is 1. The number of carboxylic acids is 1. The number of carbonyl (C=O) groups excluding carboxylic acids is 1. The summed E-state index contributed by atoms with van der Waals surface area (Å²) in [7, 11) is 0. The fraction of sp³-hybridized carbons (Fsp3) is 0.333. The minimum atomic E-state index is -0.955. The molecule has 18 heavy (non-hydrogen) atoms. The number of rotatable bonds is 4. The van der Waals surface area contributed by atoms with Crippen LogP contribution in [0.5, 0.6) is 0 Å². The summed E-state index contributed by atoms with van der Waals surface area (Å²) in [5.41, 5.74) is 1.48. The Labute approximate surface area is 110 Å². The number of hydrogen-bond acceptors (Lipinski definition) is 2. The van der Waals surface area contributed by atoms with Gasteiger partial charge in [-0.05, 0) is 24.6 Å². The van der Waals surface area contributed by atoms with Crippen molar-refractivity contribution in [3.8, 4) is 0 Å². The van der Waals surface area contributed by atoms with Crippen molar-refractivity contribution < 1.29 is 14.7 Å². The third-order valence-corrected chi connectivity index (χ3v) is 2.68. The molecule has 0 aromatic heterocycles. The summed E-state index contributed by atoms with van der Waals surface area (Å²) < 4.78 is 0. The van der Waals surface area contributed by atoms with E-state index in [1.807, 2.05) is 13.0 Å². The molecule has 0 spiro atoms. The summed E-state index contributed by atoms with van der Waals surface area (Å²) in [4.78, 5) is 22.1. The zero-order chi connectivity index (χ0) is 13.7. The van der Waals surface area contributed by atoms with Crippen LogP contribution in [0.3, 0.4) is 0 Å². The number of anilines is 1. The van der Waals surface area contributed by atoms with E-state index in [0.29, 0.717) is 10.7 Å². The van der Waals surface area contributed by atoms with Gasteiger partial charge in [-0.15, -0.1) is 0 Å². The molecule has 1 aromatic rings. The van der Waals surface area contributed by atoms with Gasteiger partial charge < -0.3 is 15.7 Å². The molecule has 0 saturated carbocycles. The van der Waals surface area contributed by atoms with Crippen LogP contribution in [0.2, 0.25) is 5.02 Å². The maximum absolute atomic E-state index is 11.5. The average molecular weight is 271 g/mol. The second kappa shape index (κ2) is 6.26. The summed E-state index contributed by atoms with van der Waals surface area (Å²) in [6, 6.07) is 4.77. The zero-order valence-corrected chi connectivity index (χ0v) is 10.9. The molecular weight excluding hydrogens is 256 g/mol. The lowest BCUT2D eigenvalue weighted by Gasteiger charge is -2.11. The first-order valence-electron chi connectivity index (χ1n) is 5.44. The minimum Gasteiger partial charge on any atom is -0.481 e. The van der Waals surface area contributed by atoms with Crippen LogP contribution in [-0.4, -0.2) is 23.7 Å². The summed E-state index contributed by atoms with van der Waals surface area (Å²) in [6.07, 6.45) is 0. The van der Waals surface area contributed by atoms with E-state index in [1.165, 1.54) is 6.92 Å². The van der Waals surface area contributed by atoms with Gasteiger partial charge in [-0.25, -0.2) is 4.79 Å². The predicted molar refractivity (Wildman–Crippen MR) is 70.0 cm³/mol. The molecule has 0 aliphatic rings. The van der Waals surface area contributed by atoms with Gasteiger partial charge in [0, 0.05) is 6.54 Å². The van der Waals surface area contributed by atoms with Gasteiger partial charge in [-0.1, -0.05) is 24.6 Å². The molecule has 0 heterocycles. The van der Waals surface area contributed by atoms with Gasteiger partial charge in [0.2, 0.25) is 0 Å². The fourth-order valence-electron chi connectivity index (χ4n) is 1.22. The Morgan fingerprint density at radius 2 is 2.11 bits per heavy atom. The molecule has 2 amide bonds. The van der Waals surface area contributed by atoms with E-state index in [9.17, 15) is 9.59 Å². The number of carbonyl (C=O) groups is 2. The van der Waals surface area contributed by atoms with Crippen molar-refractivity contribution in [1.29, 1.82) is 0 Å². The van der Waals surface area contributed by atoms with Crippen LogP contribution >= 0.6 is 11.6 Å². The van der Waals surface area contributed by atoms with Crippen LogP contribution in [0.1, 0.15) is 12.5 Å². The maximum Gasteiger partial charge on any atom is 0.319 e. The molecule has 0 saturated heterocycles. The Bertz CT molecular complexity index is 463. The molecular formula is C12H15ClN2O3. The predicted octanol–water partition coefficient (Wildman–Crippen LogP) is 2.49. The summed E-state index contributed by atoms with van der Waals surface area (Å²) in [5, 5.41) is 14.1. The van der Waals surface area contributed by atoms with Crippen LogP contribution in [0.15, 0.2) is 18.2 Å². The Kier molecular flexibility index (Phi) is 4.97. The molecule has 0 fully saturated rings. The van der Waals surface area contributed by atoms with Gasteiger partial charge in [0.1, 0.15) is 0 Å². The first kappa shape index (κ1) is 14.3. The Hall–Kier alpha value is -1.75. The Morgan fingerprint density at radius 1 is 1.44 bits per heavy atom. The summed E-state index contributed by atoms with van der Waals surface area (Å²) >= 11 is 5.95. The highest BCUT2D eigenvalue weighted by Crippen LogP contribution is 2.22. The molecule has 6 heteroatoms. The van der Waals surface area contributed by atoms with Gasteiger partial charge in [-0.2, -0.15) is 0 Å². The van der Waals surface area contributed by atoms with Gasteiger partial charge in [-0.3, -0.25) is 4.79 Å². The summed E-state index contributed by atoms with van der Waals surface area (Å²) in [6.45, 7) is 3.47. The smallest absolute Gasteiger partial charge is 0.319 e. The van der Waals surface area contributed by atoms with Crippen LogP contribution < -0.4 is 10.6 Å². The lowest BCUT2D eigenvalue weighted by molar-refractivity contribution is -0.140. The standard InChI is InChI=1S/C12H15ClN2O3/c1-7-3-4-10(9(13)5-7)15-12(18)14-6-8(2)11(16)17/h3-5,8H,6H2,1-2H3,(H,16,17)(H2,14,15,18). The monoisotopic (exact) mass is 270 g/mol. The number of aliphatic carboxylic acids is 1. The molecule has 0 bridgehead atoms. The fourth-order valence-corrected chi connectivity index (χ4v) is 1.50. The first-order chi connectivity index (χ1) is 8.40. The van der Waals surface area contributed by atoms with Crippen molar-refractivity contribution in [1.82, 2.24) is 5.32 Å². The van der Waals surface area contributed by atoms with Gasteiger partial charge in [0.05, 0.1) is 16.6 Å². The number of carboxylic acid groups (broad SMARTS) is 1. The van der Waals surface area contributed by atoms with Crippen LogP contribution in [-0.2, 0) is 4.79 Å². The highest BCUT2D eigenvalue weighted by molar-refractivity contribution is 6.33. The lowest BCUT2D eigenvalue weighted by atomic mass is 10.2. The van der Waals surface area contributed by atoms with Crippen molar-refractivity contribution in [2.75, 3.05) is 11.9 Å². The van der Waals surface area contributed by atoms with Crippen molar-refractivity contribution in [2.24, 2.45) is 5.92 Å². The molecule has 1 unspecified atom stereocenters. The van der Waals surface area contributed by atoms with Crippen LogP contribution in [0.25, 0.3) is 0 Å². The van der Waals surface area contributed by atoms with Crippen molar-refractivity contribution in [3.05, 3.63) is 28.8 Å². The molecule has 1 atom stereocenters. The highest BCUT2D eigenvalue weighted by Gasteiger charge is 2.12.